The SMILES string of the molecule is COc1ccc(NC(=O)c2ccc(NS(=O)(=O)CCO)cc2N2CCC3(CC2)CC3)c2cc3n(c12)CCC(F)(F)C3OC. The first kappa shape index (κ1) is 29.6. The molecule has 3 heterocycles. The molecule has 1 aliphatic carbocycles. The van der Waals surface area contributed by atoms with Gasteiger partial charge in [0, 0.05) is 38.6 Å². The van der Waals surface area contributed by atoms with E-state index in [-0.39, 0.29) is 6.54 Å². The molecule has 1 spiro atoms. The molecule has 3 aliphatic rings. The number of nitrogens with one attached hydrogen (secondary N) is 2. The molecular weight excluding hydrogens is 582 g/mol. The molecule has 1 saturated heterocycles. The van der Waals surface area contributed by atoms with E-state index in [1.807, 2.05) is 0 Å². The Morgan fingerprint density at radius 2 is 1.79 bits per heavy atom. The van der Waals surface area contributed by atoms with Crippen LogP contribution in [0.4, 0.5) is 25.8 Å². The monoisotopic (exact) mass is 618 g/mol. The number of carbonyl (C=O) groups excluding carboxylic acids is 1. The van der Waals surface area contributed by atoms with Crippen LogP contribution in [0.3, 0.4) is 0 Å². The van der Waals surface area contributed by atoms with Crippen molar-refractivity contribution in [3.05, 3.63) is 47.7 Å². The third kappa shape index (κ3) is 5.53. The van der Waals surface area contributed by atoms with Gasteiger partial charge in [-0.3, -0.25) is 9.52 Å². The quantitative estimate of drug-likeness (QED) is 0.317. The Kier molecular flexibility index (Phi) is 7.54. The van der Waals surface area contributed by atoms with Crippen molar-refractivity contribution in [2.45, 2.75) is 50.7 Å². The number of aromatic nitrogens is 1. The Labute approximate surface area is 249 Å². The summed E-state index contributed by atoms with van der Waals surface area (Å²) in [4.78, 5) is 16.0. The number of aliphatic hydroxyl groups is 1. The maximum absolute atomic E-state index is 14.7. The number of anilines is 3. The van der Waals surface area contributed by atoms with E-state index in [2.05, 4.69) is 14.9 Å². The number of hydrogen-bond acceptors (Lipinski definition) is 7. The zero-order valence-electron chi connectivity index (χ0n) is 24.2. The molecule has 1 saturated carbocycles. The normalized spacial score (nSPS) is 20.6. The molecule has 0 radical (unpaired) electrons. The maximum Gasteiger partial charge on any atom is 0.280 e. The number of fused-ring (bicyclic) bond motifs is 3. The van der Waals surface area contributed by atoms with Crippen LogP contribution in [0.15, 0.2) is 36.4 Å². The summed E-state index contributed by atoms with van der Waals surface area (Å²) in [5, 5.41) is 12.7. The molecule has 1 aromatic heterocycles. The standard InChI is InChI=1S/C30H36F2N4O6S/c1-41-25-6-5-22(21-18-24-27(42-2)30(31,32)11-14-36(24)26(21)25)33-28(38)20-4-3-19(34-43(39,40)16-15-37)17-23(20)35-12-9-29(7-8-29)10-13-35/h3-6,17-18,27,34,37H,7-16H2,1-2H3,(H,33,38). The van der Waals surface area contributed by atoms with Crippen LogP contribution >= 0.6 is 0 Å². The van der Waals surface area contributed by atoms with E-state index in [1.165, 1.54) is 33.1 Å². The molecule has 0 bridgehead atoms. The zero-order valence-corrected chi connectivity index (χ0v) is 25.0. The van der Waals surface area contributed by atoms with Gasteiger partial charge in [0.15, 0.2) is 6.10 Å². The fourth-order valence-electron chi connectivity index (χ4n) is 6.49. The van der Waals surface area contributed by atoms with E-state index >= 15 is 0 Å². The van der Waals surface area contributed by atoms with E-state index < -0.39 is 46.7 Å². The number of aryl methyl sites for hydroxylation is 1. The Bertz CT molecular complexity index is 1660. The number of amides is 1. The second-order valence-corrected chi connectivity index (χ2v) is 13.6. The fourth-order valence-corrected chi connectivity index (χ4v) is 7.32. The maximum atomic E-state index is 14.7. The highest BCUT2D eigenvalue weighted by Gasteiger charge is 2.47. The van der Waals surface area contributed by atoms with Crippen molar-refractivity contribution < 1.29 is 36.6 Å². The van der Waals surface area contributed by atoms with Gasteiger partial charge in [0.25, 0.3) is 11.8 Å². The van der Waals surface area contributed by atoms with Gasteiger partial charge in [-0.15, -0.1) is 0 Å². The molecule has 6 rings (SSSR count). The molecule has 10 nitrogen and oxygen atoms in total. The second-order valence-electron chi connectivity index (χ2n) is 11.7. The molecule has 1 amide bonds. The molecule has 2 aliphatic heterocycles. The Hall–Kier alpha value is -3.42. The summed E-state index contributed by atoms with van der Waals surface area (Å²) in [6.07, 6.45) is 2.58. The number of halogens is 2. The van der Waals surface area contributed by atoms with E-state index in [1.54, 1.807) is 34.9 Å². The van der Waals surface area contributed by atoms with Crippen LogP contribution in [0.5, 0.6) is 5.75 Å². The summed E-state index contributed by atoms with van der Waals surface area (Å²) >= 11 is 0. The van der Waals surface area contributed by atoms with Gasteiger partial charge in [-0.25, -0.2) is 17.2 Å². The number of hydrogen-bond donors (Lipinski definition) is 3. The molecule has 2 aromatic carbocycles. The smallest absolute Gasteiger partial charge is 0.280 e. The van der Waals surface area contributed by atoms with Gasteiger partial charge in [0.1, 0.15) is 5.75 Å². The van der Waals surface area contributed by atoms with Gasteiger partial charge >= 0.3 is 0 Å². The van der Waals surface area contributed by atoms with Crippen LogP contribution in [-0.2, 0) is 21.3 Å². The number of carbonyl (C=O) groups is 1. The summed E-state index contributed by atoms with van der Waals surface area (Å²) in [5.74, 6) is -3.42. The lowest BCUT2D eigenvalue weighted by molar-refractivity contribution is -0.145. The molecule has 2 fully saturated rings. The van der Waals surface area contributed by atoms with Gasteiger partial charge < -0.3 is 29.4 Å². The lowest BCUT2D eigenvalue weighted by Crippen LogP contribution is -2.35. The minimum absolute atomic E-state index is 0.0632. The first-order chi connectivity index (χ1) is 20.5. The number of nitrogens with zero attached hydrogens (tertiary/aromatic N) is 2. The molecule has 1 atom stereocenters. The summed E-state index contributed by atoms with van der Waals surface area (Å²) in [6, 6.07) is 9.75. The zero-order chi connectivity index (χ0) is 30.6. The highest BCUT2D eigenvalue weighted by Crippen LogP contribution is 2.54. The fraction of sp³-hybridized carbons (Fsp3) is 0.500. The van der Waals surface area contributed by atoms with E-state index in [9.17, 15) is 22.0 Å². The molecular formula is C30H36F2N4O6S. The van der Waals surface area contributed by atoms with E-state index in [0.717, 1.165) is 25.9 Å². The van der Waals surface area contributed by atoms with Crippen LogP contribution < -0.4 is 19.7 Å². The molecule has 13 heteroatoms. The Morgan fingerprint density at radius 3 is 2.44 bits per heavy atom. The van der Waals surface area contributed by atoms with Crippen molar-refractivity contribution in [2.24, 2.45) is 5.41 Å². The molecule has 43 heavy (non-hydrogen) atoms. The number of benzene rings is 2. The number of rotatable bonds is 9. The van der Waals surface area contributed by atoms with Crippen molar-refractivity contribution in [3.8, 4) is 5.75 Å². The van der Waals surface area contributed by atoms with Crippen LogP contribution in [0.2, 0.25) is 0 Å². The van der Waals surface area contributed by atoms with Gasteiger partial charge in [-0.2, -0.15) is 0 Å². The highest BCUT2D eigenvalue weighted by molar-refractivity contribution is 7.92. The van der Waals surface area contributed by atoms with Crippen molar-refractivity contribution in [3.63, 3.8) is 0 Å². The summed E-state index contributed by atoms with van der Waals surface area (Å²) in [5.41, 5.74) is 2.95. The summed E-state index contributed by atoms with van der Waals surface area (Å²) in [6.45, 7) is 1.02. The lowest BCUT2D eigenvalue weighted by Gasteiger charge is -2.35. The molecule has 1 unspecified atom stereocenters. The minimum atomic E-state index is -3.77. The number of alkyl halides is 2. The number of methoxy groups -OCH3 is 2. The Balaban J connectivity index is 1.37. The van der Waals surface area contributed by atoms with Crippen LogP contribution in [0.25, 0.3) is 10.9 Å². The van der Waals surface area contributed by atoms with Crippen LogP contribution in [0, 0.1) is 5.41 Å². The van der Waals surface area contributed by atoms with Gasteiger partial charge in [-0.05, 0) is 67.5 Å². The van der Waals surface area contributed by atoms with Crippen molar-refractivity contribution in [1.82, 2.24) is 4.57 Å². The van der Waals surface area contributed by atoms with Gasteiger partial charge in [0.2, 0.25) is 10.0 Å². The van der Waals surface area contributed by atoms with Crippen LogP contribution in [0.1, 0.15) is 54.3 Å². The van der Waals surface area contributed by atoms with E-state index in [0.29, 0.717) is 50.4 Å². The van der Waals surface area contributed by atoms with Crippen molar-refractivity contribution >= 4 is 43.9 Å². The number of aliphatic hydroxyl groups excluding tert-OH is 1. The first-order valence-corrected chi connectivity index (χ1v) is 16.1. The average Bonchev–Trinajstić information content (AvgIpc) is 3.60. The minimum Gasteiger partial charge on any atom is -0.495 e. The second kappa shape index (κ2) is 10.9. The predicted molar refractivity (Wildman–Crippen MR) is 160 cm³/mol. The molecule has 3 aromatic rings. The first-order valence-electron chi connectivity index (χ1n) is 14.4. The topological polar surface area (TPSA) is 122 Å². The van der Waals surface area contributed by atoms with Gasteiger partial charge in [0.05, 0.1) is 53.3 Å². The van der Waals surface area contributed by atoms with Gasteiger partial charge in [-0.1, -0.05) is 0 Å². The lowest BCUT2D eigenvalue weighted by atomic mass is 9.93. The summed E-state index contributed by atoms with van der Waals surface area (Å²) in [7, 11) is -1.01. The number of ether oxygens (including phenoxy) is 2. The van der Waals surface area contributed by atoms with Crippen molar-refractivity contribution in [2.75, 3.05) is 54.6 Å². The number of sulfonamides is 1. The van der Waals surface area contributed by atoms with Crippen molar-refractivity contribution in [1.29, 1.82) is 0 Å². The average molecular weight is 619 g/mol. The summed E-state index contributed by atoms with van der Waals surface area (Å²) < 4.78 is 69.2. The third-order valence-electron chi connectivity index (χ3n) is 9.08. The highest BCUT2D eigenvalue weighted by atomic mass is 32.2. The Morgan fingerprint density at radius 1 is 1.05 bits per heavy atom. The molecule has 3 N–H and O–H groups in total. The third-order valence-corrected chi connectivity index (χ3v) is 10.3. The predicted octanol–water partition coefficient (Wildman–Crippen LogP) is 4.74. The molecule has 232 valence electrons. The largest absolute Gasteiger partial charge is 0.495 e. The van der Waals surface area contributed by atoms with E-state index in [4.69, 9.17) is 14.6 Å². The number of piperidine rings is 1. The van der Waals surface area contributed by atoms with Crippen LogP contribution in [-0.4, -0.2) is 69.6 Å².